The molecule has 1 aliphatic heterocycles. The highest BCUT2D eigenvalue weighted by molar-refractivity contribution is 7.14. The number of nitrogens with zero attached hydrogens (tertiary/aromatic N) is 1. The monoisotopic (exact) mass is 333 g/mol. The number of carbonyl (C=O) groups is 1. The highest BCUT2D eigenvalue weighted by Crippen LogP contribution is 2.32. The van der Waals surface area contributed by atoms with Gasteiger partial charge in [-0.25, -0.2) is 9.78 Å². The van der Waals surface area contributed by atoms with E-state index in [0.29, 0.717) is 19.0 Å². The minimum absolute atomic E-state index is 0.0167. The Morgan fingerprint density at radius 3 is 2.91 bits per heavy atom. The zero-order valence-corrected chi connectivity index (χ0v) is 14.0. The fourth-order valence-electron chi connectivity index (χ4n) is 2.50. The molecule has 1 unspecified atom stereocenters. The predicted molar refractivity (Wildman–Crippen MR) is 88.3 cm³/mol. The number of benzene rings is 1. The SMILES string of the molecule is Cc1cnc(-c2cc(OCC3(C)CCOC3)cc(C(=O)O)c2)s1. The lowest BCUT2D eigenvalue weighted by Gasteiger charge is -2.22. The molecule has 0 bridgehead atoms. The minimum Gasteiger partial charge on any atom is -0.493 e. The molecule has 1 saturated heterocycles. The van der Waals surface area contributed by atoms with Gasteiger partial charge in [0.2, 0.25) is 0 Å². The first-order chi connectivity index (χ1) is 11.0. The van der Waals surface area contributed by atoms with Crippen LogP contribution in [0.2, 0.25) is 0 Å². The average molecular weight is 333 g/mol. The van der Waals surface area contributed by atoms with Gasteiger partial charge in [-0.3, -0.25) is 0 Å². The molecule has 3 rings (SSSR count). The Bertz CT molecular complexity index is 719. The van der Waals surface area contributed by atoms with Gasteiger partial charge in [0.05, 0.1) is 18.8 Å². The number of carboxylic acids is 1. The summed E-state index contributed by atoms with van der Waals surface area (Å²) in [5.74, 6) is -0.415. The summed E-state index contributed by atoms with van der Waals surface area (Å²) in [7, 11) is 0. The Kier molecular flexibility index (Phi) is 4.37. The number of aryl methyl sites for hydroxylation is 1. The van der Waals surface area contributed by atoms with Gasteiger partial charge in [-0.2, -0.15) is 0 Å². The number of carboxylic acid groups (broad SMARTS) is 1. The summed E-state index contributed by atoms with van der Waals surface area (Å²) in [5.41, 5.74) is 0.959. The average Bonchev–Trinajstić information content (AvgIpc) is 3.14. The fourth-order valence-corrected chi connectivity index (χ4v) is 3.25. The van der Waals surface area contributed by atoms with Crippen molar-refractivity contribution in [2.75, 3.05) is 19.8 Å². The van der Waals surface area contributed by atoms with Gasteiger partial charge in [-0.05, 0) is 31.5 Å². The summed E-state index contributed by atoms with van der Waals surface area (Å²) in [6.07, 6.45) is 2.73. The van der Waals surface area contributed by atoms with E-state index in [9.17, 15) is 9.90 Å². The Hall–Kier alpha value is -1.92. The molecule has 0 amide bonds. The molecule has 1 aromatic carbocycles. The van der Waals surface area contributed by atoms with Gasteiger partial charge in [-0.1, -0.05) is 6.92 Å². The fraction of sp³-hybridized carbons (Fsp3) is 0.412. The first kappa shape index (κ1) is 16.0. The molecule has 1 fully saturated rings. The summed E-state index contributed by atoms with van der Waals surface area (Å²) in [5, 5.41) is 10.1. The normalized spacial score (nSPS) is 20.6. The molecule has 23 heavy (non-hydrogen) atoms. The van der Waals surface area contributed by atoms with E-state index in [1.54, 1.807) is 18.3 Å². The van der Waals surface area contributed by atoms with E-state index in [1.807, 2.05) is 13.0 Å². The van der Waals surface area contributed by atoms with E-state index < -0.39 is 5.97 Å². The van der Waals surface area contributed by atoms with Crippen molar-refractivity contribution >= 4 is 17.3 Å². The van der Waals surface area contributed by atoms with Crippen LogP contribution in [0.4, 0.5) is 0 Å². The van der Waals surface area contributed by atoms with Gasteiger partial charge in [-0.15, -0.1) is 11.3 Å². The maximum atomic E-state index is 11.4. The molecule has 1 aliphatic rings. The van der Waals surface area contributed by atoms with Crippen molar-refractivity contribution in [2.45, 2.75) is 20.3 Å². The number of hydrogen-bond acceptors (Lipinski definition) is 5. The lowest BCUT2D eigenvalue weighted by Crippen LogP contribution is -2.25. The zero-order chi connectivity index (χ0) is 16.4. The molecule has 1 N–H and O–H groups in total. The van der Waals surface area contributed by atoms with Gasteiger partial charge in [0.1, 0.15) is 10.8 Å². The van der Waals surface area contributed by atoms with Crippen LogP contribution in [0.25, 0.3) is 10.6 Å². The van der Waals surface area contributed by atoms with Crippen molar-refractivity contribution < 1.29 is 19.4 Å². The standard InChI is InChI=1S/C17H19NO4S/c1-11-8-18-15(23-11)12-5-13(16(19)20)7-14(6-12)22-10-17(2)3-4-21-9-17/h5-8H,3-4,9-10H2,1-2H3,(H,19,20). The molecule has 5 nitrogen and oxygen atoms in total. The zero-order valence-electron chi connectivity index (χ0n) is 13.2. The van der Waals surface area contributed by atoms with E-state index in [4.69, 9.17) is 9.47 Å². The van der Waals surface area contributed by atoms with Crippen LogP contribution in [0.3, 0.4) is 0 Å². The van der Waals surface area contributed by atoms with Crippen LogP contribution in [-0.2, 0) is 4.74 Å². The Morgan fingerprint density at radius 2 is 2.30 bits per heavy atom. The Labute approximate surface area is 138 Å². The van der Waals surface area contributed by atoms with Crippen molar-refractivity contribution in [2.24, 2.45) is 5.41 Å². The molecule has 6 heteroatoms. The lowest BCUT2D eigenvalue weighted by atomic mass is 9.91. The molecule has 0 radical (unpaired) electrons. The van der Waals surface area contributed by atoms with Crippen LogP contribution in [0, 0.1) is 12.3 Å². The van der Waals surface area contributed by atoms with Crippen molar-refractivity contribution in [1.82, 2.24) is 4.98 Å². The van der Waals surface area contributed by atoms with Gasteiger partial charge in [0.15, 0.2) is 0 Å². The highest BCUT2D eigenvalue weighted by Gasteiger charge is 2.30. The third-order valence-electron chi connectivity index (χ3n) is 3.91. The van der Waals surface area contributed by atoms with Crippen LogP contribution < -0.4 is 4.74 Å². The predicted octanol–water partition coefficient (Wildman–Crippen LogP) is 3.62. The number of thiazole rings is 1. The smallest absolute Gasteiger partial charge is 0.335 e. The molecule has 2 heterocycles. The van der Waals surface area contributed by atoms with Gasteiger partial charge in [0, 0.05) is 28.7 Å². The van der Waals surface area contributed by atoms with Crippen LogP contribution >= 0.6 is 11.3 Å². The molecular weight excluding hydrogens is 314 g/mol. The quantitative estimate of drug-likeness (QED) is 0.905. The maximum Gasteiger partial charge on any atom is 0.335 e. The summed E-state index contributed by atoms with van der Waals surface area (Å²) in [6.45, 7) is 6.02. The first-order valence-electron chi connectivity index (χ1n) is 7.47. The van der Waals surface area contributed by atoms with Crippen molar-refractivity contribution in [3.05, 3.63) is 34.8 Å². The molecule has 0 saturated carbocycles. The number of aromatic carboxylic acids is 1. The molecule has 1 atom stereocenters. The topological polar surface area (TPSA) is 68.7 Å². The second-order valence-electron chi connectivity index (χ2n) is 6.23. The number of rotatable bonds is 5. The summed E-state index contributed by atoms with van der Waals surface area (Å²) >= 11 is 1.53. The molecule has 0 spiro atoms. The van der Waals surface area contributed by atoms with E-state index in [1.165, 1.54) is 11.3 Å². The summed E-state index contributed by atoms with van der Waals surface area (Å²) < 4.78 is 11.3. The minimum atomic E-state index is -0.972. The first-order valence-corrected chi connectivity index (χ1v) is 8.29. The van der Waals surface area contributed by atoms with Crippen LogP contribution in [0.15, 0.2) is 24.4 Å². The highest BCUT2D eigenvalue weighted by atomic mass is 32.1. The van der Waals surface area contributed by atoms with Crippen molar-refractivity contribution in [3.63, 3.8) is 0 Å². The molecule has 0 aliphatic carbocycles. The van der Waals surface area contributed by atoms with Crippen molar-refractivity contribution in [3.8, 4) is 16.3 Å². The Morgan fingerprint density at radius 1 is 1.48 bits per heavy atom. The van der Waals surface area contributed by atoms with Crippen LogP contribution in [0.5, 0.6) is 5.75 Å². The molecular formula is C17H19NO4S. The van der Waals surface area contributed by atoms with Crippen LogP contribution in [0.1, 0.15) is 28.6 Å². The van der Waals surface area contributed by atoms with E-state index in [2.05, 4.69) is 11.9 Å². The second kappa shape index (κ2) is 6.29. The van der Waals surface area contributed by atoms with Gasteiger partial charge >= 0.3 is 5.97 Å². The van der Waals surface area contributed by atoms with E-state index in [0.717, 1.165) is 28.5 Å². The van der Waals surface area contributed by atoms with E-state index >= 15 is 0 Å². The number of ether oxygens (including phenoxy) is 2. The second-order valence-corrected chi connectivity index (χ2v) is 7.46. The molecule has 2 aromatic rings. The summed E-state index contributed by atoms with van der Waals surface area (Å²) in [4.78, 5) is 16.8. The van der Waals surface area contributed by atoms with Gasteiger partial charge in [0.25, 0.3) is 0 Å². The van der Waals surface area contributed by atoms with E-state index in [-0.39, 0.29) is 11.0 Å². The van der Waals surface area contributed by atoms with Crippen LogP contribution in [-0.4, -0.2) is 35.9 Å². The maximum absolute atomic E-state index is 11.4. The summed E-state index contributed by atoms with van der Waals surface area (Å²) in [6, 6.07) is 5.04. The van der Waals surface area contributed by atoms with Crippen molar-refractivity contribution in [1.29, 1.82) is 0 Å². The number of hydrogen-bond donors (Lipinski definition) is 1. The largest absolute Gasteiger partial charge is 0.493 e. The third kappa shape index (κ3) is 3.71. The molecule has 122 valence electrons. The van der Waals surface area contributed by atoms with Gasteiger partial charge < -0.3 is 14.6 Å². The third-order valence-corrected chi connectivity index (χ3v) is 4.87. The molecule has 1 aromatic heterocycles. The number of aromatic nitrogens is 1. The Balaban J connectivity index is 1.86. The lowest BCUT2D eigenvalue weighted by molar-refractivity contribution is 0.0696.